The number of fused-ring (bicyclic) bond motifs is 1. The first-order valence-electron chi connectivity index (χ1n) is 5.97. The summed E-state index contributed by atoms with van der Waals surface area (Å²) < 4.78 is 14.7. The smallest absolute Gasteiger partial charge is 0.363 e. The number of alkyl halides is 1. The number of carboxylic acids is 1. The number of rotatable bonds is 5. The van der Waals surface area contributed by atoms with Crippen molar-refractivity contribution in [3.05, 3.63) is 35.4 Å². The first-order chi connectivity index (χ1) is 9.79. The minimum absolute atomic E-state index is 0.0307. The summed E-state index contributed by atoms with van der Waals surface area (Å²) in [5.41, 5.74) is 4.71. The Morgan fingerprint density at radius 2 is 1.67 bits per heavy atom. The summed E-state index contributed by atoms with van der Waals surface area (Å²) >= 11 is 0. The van der Waals surface area contributed by atoms with Crippen LogP contribution < -0.4 is 5.73 Å². The molecule has 1 unspecified atom stereocenters. The predicted octanol–water partition coefficient (Wildman–Crippen LogP) is 0.298. The van der Waals surface area contributed by atoms with Gasteiger partial charge in [-0.25, -0.2) is 14.1 Å². The lowest BCUT2D eigenvalue weighted by Crippen LogP contribution is -2.54. The molecule has 0 saturated carbocycles. The molecule has 0 bridgehead atoms. The number of aliphatic carboxylic acids is 1. The van der Waals surface area contributed by atoms with Gasteiger partial charge in [0.15, 0.2) is 0 Å². The highest BCUT2D eigenvalue weighted by atomic mass is 19.1. The lowest BCUT2D eigenvalue weighted by Gasteiger charge is -2.28. The van der Waals surface area contributed by atoms with Gasteiger partial charge in [-0.05, 0) is 12.1 Å². The summed E-state index contributed by atoms with van der Waals surface area (Å²) in [4.78, 5) is 46.1. The molecule has 3 N–H and O–H groups in total. The maximum atomic E-state index is 14.7. The highest BCUT2D eigenvalue weighted by molar-refractivity contribution is 6.23. The first-order valence-corrected chi connectivity index (χ1v) is 5.97. The summed E-state index contributed by atoms with van der Waals surface area (Å²) in [6.45, 7) is 0. The van der Waals surface area contributed by atoms with Crippen LogP contribution in [-0.2, 0) is 9.59 Å². The third-order valence-electron chi connectivity index (χ3n) is 3.18. The standard InChI is InChI=1S/C13H11FN2O5/c14-13(12(20)21,6-5-9(15)17)16-10(18)7-3-1-2-4-8(7)11(16)19/h1-4H,5-6H2,(H2,15,17)(H,20,21). The van der Waals surface area contributed by atoms with Gasteiger partial charge in [0.2, 0.25) is 5.91 Å². The van der Waals surface area contributed by atoms with E-state index < -0.39 is 42.3 Å². The van der Waals surface area contributed by atoms with Crippen molar-refractivity contribution in [2.75, 3.05) is 0 Å². The molecule has 0 aromatic heterocycles. The van der Waals surface area contributed by atoms with Gasteiger partial charge >= 0.3 is 5.97 Å². The van der Waals surface area contributed by atoms with E-state index >= 15 is 0 Å². The lowest BCUT2D eigenvalue weighted by molar-refractivity contribution is -0.161. The summed E-state index contributed by atoms with van der Waals surface area (Å²) in [7, 11) is 0. The van der Waals surface area contributed by atoms with Crippen molar-refractivity contribution in [2.24, 2.45) is 5.73 Å². The number of hydrogen-bond acceptors (Lipinski definition) is 4. The van der Waals surface area contributed by atoms with Crippen molar-refractivity contribution in [1.82, 2.24) is 4.90 Å². The van der Waals surface area contributed by atoms with Crippen molar-refractivity contribution in [2.45, 2.75) is 18.6 Å². The molecule has 1 aliphatic heterocycles. The average molecular weight is 294 g/mol. The Morgan fingerprint density at radius 1 is 1.19 bits per heavy atom. The SMILES string of the molecule is NC(=O)CCC(F)(C(=O)O)N1C(=O)c2ccccc2C1=O. The number of benzene rings is 1. The molecule has 21 heavy (non-hydrogen) atoms. The second-order valence-corrected chi connectivity index (χ2v) is 4.52. The Morgan fingerprint density at radius 3 is 2.05 bits per heavy atom. The quantitative estimate of drug-likeness (QED) is 0.598. The molecule has 1 aliphatic rings. The van der Waals surface area contributed by atoms with Gasteiger partial charge in [-0.1, -0.05) is 12.1 Å². The van der Waals surface area contributed by atoms with Crippen LogP contribution in [0.1, 0.15) is 33.6 Å². The summed E-state index contributed by atoms with van der Waals surface area (Å²) in [6, 6.07) is 5.53. The van der Waals surface area contributed by atoms with Crippen molar-refractivity contribution in [1.29, 1.82) is 0 Å². The van der Waals surface area contributed by atoms with E-state index in [4.69, 9.17) is 10.8 Å². The van der Waals surface area contributed by atoms with E-state index in [0.29, 0.717) is 0 Å². The largest absolute Gasteiger partial charge is 0.477 e. The molecule has 1 atom stereocenters. The highest BCUT2D eigenvalue weighted by Gasteiger charge is 2.54. The molecule has 3 amide bonds. The molecule has 1 heterocycles. The maximum Gasteiger partial charge on any atom is 0.363 e. The maximum absolute atomic E-state index is 14.7. The van der Waals surface area contributed by atoms with Gasteiger partial charge < -0.3 is 10.8 Å². The van der Waals surface area contributed by atoms with Crippen molar-refractivity contribution >= 4 is 23.7 Å². The van der Waals surface area contributed by atoms with Gasteiger partial charge in [-0.2, -0.15) is 0 Å². The molecule has 2 rings (SSSR count). The zero-order chi connectivity index (χ0) is 15.8. The van der Waals surface area contributed by atoms with E-state index in [-0.39, 0.29) is 16.0 Å². The Hall–Kier alpha value is -2.77. The van der Waals surface area contributed by atoms with Gasteiger partial charge in [0.1, 0.15) is 0 Å². The second-order valence-electron chi connectivity index (χ2n) is 4.52. The van der Waals surface area contributed by atoms with E-state index in [1.165, 1.54) is 24.3 Å². The fourth-order valence-electron chi connectivity index (χ4n) is 2.11. The van der Waals surface area contributed by atoms with Gasteiger partial charge in [0.25, 0.3) is 17.6 Å². The first kappa shape index (κ1) is 14.6. The minimum atomic E-state index is -3.32. The van der Waals surface area contributed by atoms with Crippen LogP contribution in [0.4, 0.5) is 4.39 Å². The third kappa shape index (κ3) is 2.24. The molecule has 0 aliphatic carbocycles. The normalized spacial score (nSPS) is 16.5. The van der Waals surface area contributed by atoms with Crippen LogP contribution in [-0.4, -0.2) is 39.5 Å². The Balaban J connectivity index is 2.44. The molecule has 7 nitrogen and oxygen atoms in total. The van der Waals surface area contributed by atoms with Gasteiger partial charge in [0.05, 0.1) is 11.1 Å². The zero-order valence-electron chi connectivity index (χ0n) is 10.7. The van der Waals surface area contributed by atoms with E-state index in [0.717, 1.165) is 0 Å². The number of primary amides is 1. The number of carbonyl (C=O) groups excluding carboxylic acids is 3. The van der Waals surface area contributed by atoms with Crippen LogP contribution in [0.3, 0.4) is 0 Å². The number of nitrogens with zero attached hydrogens (tertiary/aromatic N) is 1. The lowest BCUT2D eigenvalue weighted by atomic mass is 10.1. The Kier molecular flexibility index (Phi) is 3.46. The van der Waals surface area contributed by atoms with Crippen LogP contribution in [0.15, 0.2) is 24.3 Å². The fraction of sp³-hybridized carbons (Fsp3) is 0.231. The fourth-order valence-corrected chi connectivity index (χ4v) is 2.11. The van der Waals surface area contributed by atoms with E-state index in [2.05, 4.69) is 0 Å². The number of halogens is 1. The third-order valence-corrected chi connectivity index (χ3v) is 3.18. The summed E-state index contributed by atoms with van der Waals surface area (Å²) in [6.07, 6.45) is -1.51. The molecule has 110 valence electrons. The van der Waals surface area contributed by atoms with E-state index in [1.807, 2.05) is 0 Å². The van der Waals surface area contributed by atoms with Crippen molar-refractivity contribution < 1.29 is 28.7 Å². The average Bonchev–Trinajstić information content (AvgIpc) is 2.69. The Labute approximate surface area is 118 Å². The molecule has 1 aromatic carbocycles. The van der Waals surface area contributed by atoms with Gasteiger partial charge in [-0.3, -0.25) is 14.4 Å². The van der Waals surface area contributed by atoms with Crippen molar-refractivity contribution in [3.8, 4) is 0 Å². The molecular weight excluding hydrogens is 283 g/mol. The van der Waals surface area contributed by atoms with Gasteiger partial charge in [-0.15, -0.1) is 0 Å². The predicted molar refractivity (Wildman–Crippen MR) is 66.8 cm³/mol. The van der Waals surface area contributed by atoms with Crippen molar-refractivity contribution in [3.63, 3.8) is 0 Å². The van der Waals surface area contributed by atoms with Crippen LogP contribution in [0.25, 0.3) is 0 Å². The molecular formula is C13H11FN2O5. The number of carboxylic acid groups (broad SMARTS) is 1. The van der Waals surface area contributed by atoms with Gasteiger partial charge in [0, 0.05) is 12.8 Å². The Bertz CT molecular complexity index is 625. The second kappa shape index (κ2) is 4.97. The number of imide groups is 1. The molecule has 0 spiro atoms. The van der Waals surface area contributed by atoms with E-state index in [1.54, 1.807) is 0 Å². The van der Waals surface area contributed by atoms with Crippen LogP contribution in [0.5, 0.6) is 0 Å². The molecule has 0 radical (unpaired) electrons. The minimum Gasteiger partial charge on any atom is -0.477 e. The number of hydrogen-bond donors (Lipinski definition) is 2. The topological polar surface area (TPSA) is 118 Å². The number of amides is 3. The number of carbonyl (C=O) groups is 4. The summed E-state index contributed by atoms with van der Waals surface area (Å²) in [5.74, 6) is -8.38. The zero-order valence-corrected chi connectivity index (χ0v) is 10.7. The number of nitrogens with two attached hydrogens (primary N) is 1. The molecule has 8 heteroatoms. The summed E-state index contributed by atoms with van der Waals surface area (Å²) in [5, 5.41) is 9.05. The van der Waals surface area contributed by atoms with E-state index in [9.17, 15) is 23.6 Å². The monoisotopic (exact) mass is 294 g/mol. The highest BCUT2D eigenvalue weighted by Crippen LogP contribution is 2.33. The molecule has 1 aromatic rings. The van der Waals surface area contributed by atoms with Crippen LogP contribution >= 0.6 is 0 Å². The molecule has 0 fully saturated rings. The van der Waals surface area contributed by atoms with Crippen LogP contribution in [0.2, 0.25) is 0 Å². The van der Waals surface area contributed by atoms with Crippen LogP contribution in [0, 0.1) is 0 Å². The molecule has 0 saturated heterocycles.